The van der Waals surface area contributed by atoms with Gasteiger partial charge in [0.2, 0.25) is 0 Å². The Labute approximate surface area is 135 Å². The third-order valence-corrected chi connectivity index (χ3v) is 3.25. The number of oxime groups is 1. The maximum atomic E-state index is 13.4. The van der Waals surface area contributed by atoms with Crippen LogP contribution >= 0.6 is 0 Å². The first-order valence-electron chi connectivity index (χ1n) is 7.44. The van der Waals surface area contributed by atoms with Crippen LogP contribution in [-0.4, -0.2) is 24.1 Å². The summed E-state index contributed by atoms with van der Waals surface area (Å²) in [4.78, 5) is 0. The van der Waals surface area contributed by atoms with E-state index in [1.54, 1.807) is 30.3 Å². The minimum absolute atomic E-state index is 0.126. The number of hydrogen-bond donors (Lipinski definition) is 1. The van der Waals surface area contributed by atoms with Gasteiger partial charge in [-0.3, -0.25) is 0 Å². The lowest BCUT2D eigenvalue weighted by atomic mass is 10.0. The van der Waals surface area contributed by atoms with Crippen LogP contribution in [0.3, 0.4) is 0 Å². The lowest BCUT2D eigenvalue weighted by Gasteiger charge is -2.11. The van der Waals surface area contributed by atoms with Crippen molar-refractivity contribution in [2.75, 3.05) is 13.2 Å². The molecule has 0 aromatic heterocycles. The van der Waals surface area contributed by atoms with Gasteiger partial charge in [-0.1, -0.05) is 31.1 Å². The van der Waals surface area contributed by atoms with Gasteiger partial charge in [0.15, 0.2) is 11.6 Å². The molecule has 0 radical (unpaired) electrons. The molecule has 0 spiro atoms. The van der Waals surface area contributed by atoms with Gasteiger partial charge in [-0.05, 0) is 47.9 Å². The highest BCUT2D eigenvalue weighted by molar-refractivity contribution is 6.01. The Morgan fingerprint density at radius 2 is 1.70 bits per heavy atom. The van der Waals surface area contributed by atoms with Gasteiger partial charge in [-0.25, -0.2) is 4.39 Å². The molecule has 0 aliphatic rings. The Bertz CT molecular complexity index is 654. The molecule has 0 aliphatic carbocycles. The van der Waals surface area contributed by atoms with Gasteiger partial charge in [0, 0.05) is 0 Å². The van der Waals surface area contributed by atoms with Crippen molar-refractivity contribution in [1.29, 1.82) is 0 Å². The summed E-state index contributed by atoms with van der Waals surface area (Å²) in [5, 5.41) is 12.4. The van der Waals surface area contributed by atoms with Gasteiger partial charge in [-0.2, -0.15) is 0 Å². The fraction of sp³-hybridized carbons (Fsp3) is 0.278. The van der Waals surface area contributed by atoms with Crippen LogP contribution in [0.25, 0.3) is 0 Å². The zero-order chi connectivity index (χ0) is 16.7. The van der Waals surface area contributed by atoms with Crippen LogP contribution in [0.15, 0.2) is 53.7 Å². The highest BCUT2D eigenvalue weighted by atomic mass is 19.1. The van der Waals surface area contributed by atoms with Crippen molar-refractivity contribution < 1.29 is 19.1 Å². The van der Waals surface area contributed by atoms with Gasteiger partial charge in [-0.15, -0.1) is 0 Å². The zero-order valence-corrected chi connectivity index (χ0v) is 13.2. The zero-order valence-electron chi connectivity index (χ0n) is 13.2. The molecule has 122 valence electrons. The van der Waals surface area contributed by atoms with Crippen LogP contribution in [0.4, 0.5) is 4.39 Å². The summed E-state index contributed by atoms with van der Waals surface area (Å²) in [5.41, 5.74) is 1.47. The SMILES string of the molecule is CC(C)/C(=N\O)c1ccc(OCCOc2ccccc2F)cc1. The molecule has 0 heterocycles. The topological polar surface area (TPSA) is 51.1 Å². The first-order valence-corrected chi connectivity index (χ1v) is 7.44. The number of para-hydroxylation sites is 1. The summed E-state index contributed by atoms with van der Waals surface area (Å²) < 4.78 is 24.2. The highest BCUT2D eigenvalue weighted by Crippen LogP contribution is 2.17. The van der Waals surface area contributed by atoms with Gasteiger partial charge >= 0.3 is 0 Å². The van der Waals surface area contributed by atoms with E-state index in [4.69, 9.17) is 14.7 Å². The van der Waals surface area contributed by atoms with Crippen LogP contribution < -0.4 is 9.47 Å². The predicted octanol–water partition coefficient (Wildman–Crippen LogP) is 4.12. The minimum atomic E-state index is -0.388. The number of ether oxygens (including phenoxy) is 2. The molecule has 23 heavy (non-hydrogen) atoms. The quantitative estimate of drug-likeness (QED) is 0.362. The van der Waals surface area contributed by atoms with Crippen molar-refractivity contribution in [2.45, 2.75) is 13.8 Å². The number of benzene rings is 2. The molecule has 0 atom stereocenters. The molecule has 2 aromatic rings. The number of hydrogen-bond acceptors (Lipinski definition) is 4. The van der Waals surface area contributed by atoms with E-state index in [1.165, 1.54) is 6.07 Å². The second-order valence-electron chi connectivity index (χ2n) is 5.29. The summed E-state index contributed by atoms with van der Waals surface area (Å²) in [6.45, 7) is 4.47. The molecular formula is C18H20FNO3. The molecule has 0 unspecified atom stereocenters. The fourth-order valence-electron chi connectivity index (χ4n) is 2.10. The molecule has 0 bridgehead atoms. The van der Waals surface area contributed by atoms with Crippen LogP contribution in [0.1, 0.15) is 19.4 Å². The number of halogens is 1. The van der Waals surface area contributed by atoms with Gasteiger partial charge < -0.3 is 14.7 Å². The standard InChI is InChI=1S/C18H20FNO3/c1-13(2)18(20-21)14-7-9-15(10-8-14)22-11-12-23-17-6-4-3-5-16(17)19/h3-10,13,21H,11-12H2,1-2H3/b20-18+. The summed E-state index contributed by atoms with van der Waals surface area (Å²) >= 11 is 0. The van der Waals surface area contributed by atoms with Crippen molar-refractivity contribution in [3.63, 3.8) is 0 Å². The molecule has 4 nitrogen and oxygen atoms in total. The summed E-state index contributed by atoms with van der Waals surface area (Å²) in [6.07, 6.45) is 0. The molecule has 2 aromatic carbocycles. The lowest BCUT2D eigenvalue weighted by Crippen LogP contribution is -2.11. The summed E-state index contributed by atoms with van der Waals surface area (Å²) in [5.74, 6) is 0.626. The molecule has 0 saturated carbocycles. The number of rotatable bonds is 7. The van der Waals surface area contributed by atoms with E-state index in [1.807, 2.05) is 26.0 Å². The largest absolute Gasteiger partial charge is 0.490 e. The minimum Gasteiger partial charge on any atom is -0.490 e. The van der Waals surface area contributed by atoms with Crippen LogP contribution in [0.5, 0.6) is 11.5 Å². The van der Waals surface area contributed by atoms with E-state index in [0.717, 1.165) is 5.56 Å². The fourth-order valence-corrected chi connectivity index (χ4v) is 2.10. The third kappa shape index (κ3) is 4.71. The van der Waals surface area contributed by atoms with E-state index in [9.17, 15) is 4.39 Å². The average molecular weight is 317 g/mol. The summed E-state index contributed by atoms with van der Waals surface area (Å²) in [6, 6.07) is 13.5. The van der Waals surface area contributed by atoms with Crippen molar-refractivity contribution in [1.82, 2.24) is 0 Å². The molecular weight excluding hydrogens is 297 g/mol. The molecule has 1 N–H and O–H groups in total. The van der Waals surface area contributed by atoms with Crippen molar-refractivity contribution in [3.05, 3.63) is 59.9 Å². The number of nitrogens with zero attached hydrogens (tertiary/aromatic N) is 1. The molecule has 2 rings (SSSR count). The van der Waals surface area contributed by atoms with Gasteiger partial charge in [0.05, 0.1) is 5.71 Å². The average Bonchev–Trinajstić information content (AvgIpc) is 2.55. The highest BCUT2D eigenvalue weighted by Gasteiger charge is 2.09. The Morgan fingerprint density at radius 3 is 2.30 bits per heavy atom. The lowest BCUT2D eigenvalue weighted by molar-refractivity contribution is 0.211. The van der Waals surface area contributed by atoms with E-state index >= 15 is 0 Å². The molecule has 0 fully saturated rings. The second kappa shape index (κ2) is 8.17. The normalized spacial score (nSPS) is 11.6. The van der Waals surface area contributed by atoms with Crippen molar-refractivity contribution in [2.24, 2.45) is 11.1 Å². The van der Waals surface area contributed by atoms with E-state index in [0.29, 0.717) is 18.1 Å². The van der Waals surface area contributed by atoms with E-state index in [2.05, 4.69) is 5.16 Å². The Kier molecular flexibility index (Phi) is 5.97. The van der Waals surface area contributed by atoms with Crippen molar-refractivity contribution >= 4 is 5.71 Å². The monoisotopic (exact) mass is 317 g/mol. The Hall–Kier alpha value is -2.56. The maximum Gasteiger partial charge on any atom is 0.165 e. The van der Waals surface area contributed by atoms with Crippen LogP contribution in [0.2, 0.25) is 0 Å². The first kappa shape index (κ1) is 16.8. The Balaban J connectivity index is 1.84. The predicted molar refractivity (Wildman–Crippen MR) is 87.0 cm³/mol. The maximum absolute atomic E-state index is 13.4. The third-order valence-electron chi connectivity index (χ3n) is 3.25. The van der Waals surface area contributed by atoms with Crippen LogP contribution in [0, 0.1) is 11.7 Å². The molecule has 0 aliphatic heterocycles. The van der Waals surface area contributed by atoms with Crippen molar-refractivity contribution in [3.8, 4) is 11.5 Å². The van der Waals surface area contributed by atoms with Crippen LogP contribution in [-0.2, 0) is 0 Å². The van der Waals surface area contributed by atoms with Gasteiger partial charge in [0.25, 0.3) is 0 Å². The Morgan fingerprint density at radius 1 is 1.04 bits per heavy atom. The molecule has 5 heteroatoms. The van der Waals surface area contributed by atoms with E-state index in [-0.39, 0.29) is 24.1 Å². The smallest absolute Gasteiger partial charge is 0.165 e. The molecule has 0 amide bonds. The molecule has 0 saturated heterocycles. The van der Waals surface area contributed by atoms with E-state index < -0.39 is 0 Å². The van der Waals surface area contributed by atoms with Gasteiger partial charge in [0.1, 0.15) is 19.0 Å². The second-order valence-corrected chi connectivity index (χ2v) is 5.29. The first-order chi connectivity index (χ1) is 11.1. The summed E-state index contributed by atoms with van der Waals surface area (Å²) in [7, 11) is 0.